The third kappa shape index (κ3) is 4.28. The van der Waals surface area contributed by atoms with Crippen LogP contribution in [0.25, 0.3) is 11.0 Å². The maximum atomic E-state index is 14.5. The number of fused-ring (bicyclic) bond motifs is 3. The van der Waals surface area contributed by atoms with Crippen molar-refractivity contribution in [1.29, 1.82) is 0 Å². The number of aromatic nitrogens is 3. The van der Waals surface area contributed by atoms with Gasteiger partial charge in [0, 0.05) is 33.3 Å². The highest BCUT2D eigenvalue weighted by molar-refractivity contribution is 6.00. The maximum Gasteiger partial charge on any atom is 0.250 e. The number of unbranched alkanes of at least 4 members (excludes halogenated alkanes) is 3. The van der Waals surface area contributed by atoms with Gasteiger partial charge in [-0.1, -0.05) is 61.4 Å². The van der Waals surface area contributed by atoms with Crippen LogP contribution in [0.1, 0.15) is 39.0 Å². The minimum atomic E-state index is -1.27. The highest BCUT2D eigenvalue weighted by Crippen LogP contribution is 2.58. The van der Waals surface area contributed by atoms with E-state index in [9.17, 15) is 19.5 Å². The molecule has 2 aromatic rings. The Morgan fingerprint density at radius 1 is 0.976 bits per heavy atom. The fourth-order valence-corrected chi connectivity index (χ4v) is 7.23. The molecule has 1 aromatic carbocycles. The first-order chi connectivity index (χ1) is 19.9. The van der Waals surface area contributed by atoms with E-state index < -0.39 is 29.1 Å². The monoisotopic (exact) mass is 562 g/mol. The summed E-state index contributed by atoms with van der Waals surface area (Å²) in [5.74, 6) is -2.11. The highest BCUT2D eigenvalue weighted by Gasteiger charge is 2.75. The highest BCUT2D eigenvalue weighted by atomic mass is 16.5. The number of para-hydroxylation sites is 1. The van der Waals surface area contributed by atoms with Crippen molar-refractivity contribution in [2.24, 2.45) is 11.8 Å². The number of amides is 3. The van der Waals surface area contributed by atoms with Gasteiger partial charge in [0.15, 0.2) is 0 Å². The molecule has 1 aromatic heterocycles. The Morgan fingerprint density at radius 3 is 2.56 bits per heavy atom. The first kappa shape index (κ1) is 27.6. The van der Waals surface area contributed by atoms with Crippen molar-refractivity contribution in [3.05, 3.63) is 48.6 Å². The molecule has 0 bridgehead atoms. The van der Waals surface area contributed by atoms with Crippen molar-refractivity contribution in [3.8, 4) is 0 Å². The molecule has 1 N–H and O–H groups in total. The van der Waals surface area contributed by atoms with Crippen molar-refractivity contribution in [2.75, 3.05) is 33.3 Å². The summed E-state index contributed by atoms with van der Waals surface area (Å²) < 4.78 is 8.66. The number of benzene rings is 1. The van der Waals surface area contributed by atoms with E-state index in [1.54, 1.807) is 26.4 Å². The van der Waals surface area contributed by atoms with Gasteiger partial charge in [-0.3, -0.25) is 14.4 Å². The van der Waals surface area contributed by atoms with Crippen LogP contribution in [0.5, 0.6) is 0 Å². The van der Waals surface area contributed by atoms with Crippen LogP contribution in [0, 0.1) is 11.8 Å². The van der Waals surface area contributed by atoms with Crippen molar-refractivity contribution in [1.82, 2.24) is 29.7 Å². The van der Waals surface area contributed by atoms with Crippen LogP contribution in [0.4, 0.5) is 0 Å². The molecule has 1 unspecified atom stereocenters. The summed E-state index contributed by atoms with van der Waals surface area (Å²) in [7, 11) is 1.75. The van der Waals surface area contributed by atoms with Crippen LogP contribution in [-0.4, -0.2) is 103 Å². The molecule has 0 aliphatic carbocycles. The summed E-state index contributed by atoms with van der Waals surface area (Å²) in [6, 6.07) is 6.68. The number of hydrogen-bond donors (Lipinski definition) is 1. The number of aliphatic hydroxyl groups excluding tert-OH is 1. The summed E-state index contributed by atoms with van der Waals surface area (Å²) in [6.45, 7) is 3.40. The van der Waals surface area contributed by atoms with Gasteiger partial charge < -0.3 is 24.5 Å². The molecule has 4 aliphatic heterocycles. The standard InChI is InChI=1S/C30H38N6O5/c1-3-29-14-10-16-33(2)26(38)23(29)24-27(39)35(18-8-4-5-9-19-37)25-28(40)34(17-11-15-30(24,25)41-29)20-36-22-13-7-6-12-21(22)31-32-36/h6-7,10-15,23-25,37H,3-5,8-9,16-20H2,1-2H3/t23-,24-,25?,29+,30-/m0/s1. The van der Waals surface area contributed by atoms with E-state index in [1.807, 2.05) is 55.5 Å². The lowest BCUT2D eigenvalue weighted by Crippen LogP contribution is -2.56. The second kappa shape index (κ2) is 10.7. The Morgan fingerprint density at radius 2 is 1.76 bits per heavy atom. The molecule has 11 heteroatoms. The van der Waals surface area contributed by atoms with Gasteiger partial charge in [0.1, 0.15) is 23.8 Å². The molecule has 6 rings (SSSR count). The Kier molecular flexibility index (Phi) is 7.19. The Labute approximate surface area is 239 Å². The maximum absolute atomic E-state index is 14.5. The lowest BCUT2D eigenvalue weighted by Gasteiger charge is -2.38. The van der Waals surface area contributed by atoms with Crippen molar-refractivity contribution in [3.63, 3.8) is 0 Å². The number of ether oxygens (including phenoxy) is 1. The second-order valence-corrected chi connectivity index (χ2v) is 11.6. The van der Waals surface area contributed by atoms with Gasteiger partial charge in [-0.05, 0) is 31.4 Å². The van der Waals surface area contributed by atoms with Crippen molar-refractivity contribution < 1.29 is 24.2 Å². The van der Waals surface area contributed by atoms with Crippen molar-refractivity contribution in [2.45, 2.75) is 62.9 Å². The first-order valence-corrected chi connectivity index (χ1v) is 14.7. The molecule has 11 nitrogen and oxygen atoms in total. The van der Waals surface area contributed by atoms with E-state index in [2.05, 4.69) is 10.3 Å². The molecule has 41 heavy (non-hydrogen) atoms. The van der Waals surface area contributed by atoms with Crippen LogP contribution in [0.2, 0.25) is 0 Å². The van der Waals surface area contributed by atoms with Crippen LogP contribution in [0.3, 0.4) is 0 Å². The molecule has 5 atom stereocenters. The van der Waals surface area contributed by atoms with Gasteiger partial charge in [-0.15, -0.1) is 5.10 Å². The molecule has 1 spiro atoms. The SMILES string of the molecule is CC[C@@]12C=CCN(C)C(=O)[C@@H]1[C@H]1C(=O)N(CCCCCCO)C3C(=O)N(Cn4nnc5ccccc54)CC=C[C@@]31O2. The van der Waals surface area contributed by atoms with E-state index in [0.717, 1.165) is 23.9 Å². The number of rotatable bonds is 9. The minimum Gasteiger partial charge on any atom is -0.396 e. The Balaban J connectivity index is 1.39. The average molecular weight is 563 g/mol. The lowest BCUT2D eigenvalue weighted by atomic mass is 9.73. The van der Waals surface area contributed by atoms with Gasteiger partial charge in [0.25, 0.3) is 5.91 Å². The van der Waals surface area contributed by atoms with Crippen LogP contribution in [0.15, 0.2) is 48.6 Å². The number of hydrogen-bond acceptors (Lipinski definition) is 7. The molecule has 218 valence electrons. The Hall–Kier alpha value is -3.57. The molecular weight excluding hydrogens is 524 g/mol. The zero-order valence-corrected chi connectivity index (χ0v) is 23.7. The molecule has 3 amide bonds. The Bertz CT molecular complexity index is 1400. The third-order valence-corrected chi connectivity index (χ3v) is 9.26. The predicted octanol–water partition coefficient (Wildman–Crippen LogP) is 1.73. The number of likely N-dealkylation sites (tertiary alicyclic amines) is 1. The summed E-state index contributed by atoms with van der Waals surface area (Å²) in [4.78, 5) is 47.7. The van der Waals surface area contributed by atoms with Gasteiger partial charge in [-0.25, -0.2) is 4.68 Å². The molecule has 2 fully saturated rings. The first-order valence-electron chi connectivity index (χ1n) is 14.7. The summed E-state index contributed by atoms with van der Waals surface area (Å²) in [5.41, 5.74) is -0.694. The number of nitrogens with zero attached hydrogens (tertiary/aromatic N) is 6. The lowest BCUT2D eigenvalue weighted by molar-refractivity contribution is -0.154. The van der Waals surface area contributed by atoms with Crippen LogP contribution < -0.4 is 0 Å². The molecular formula is C30H38N6O5. The topological polar surface area (TPSA) is 121 Å². The van der Waals surface area contributed by atoms with Crippen LogP contribution >= 0.6 is 0 Å². The van der Waals surface area contributed by atoms with Gasteiger partial charge in [0.2, 0.25) is 11.8 Å². The average Bonchev–Trinajstić information content (AvgIpc) is 3.52. The summed E-state index contributed by atoms with van der Waals surface area (Å²) in [6.07, 6.45) is 11.2. The summed E-state index contributed by atoms with van der Waals surface area (Å²) in [5, 5.41) is 17.7. The zero-order chi connectivity index (χ0) is 28.8. The predicted molar refractivity (Wildman–Crippen MR) is 150 cm³/mol. The van der Waals surface area contributed by atoms with Crippen LogP contribution in [-0.2, 0) is 25.8 Å². The quantitative estimate of drug-likeness (QED) is 0.365. The number of carbonyl (C=O) groups excluding carboxylic acids is 3. The molecule has 2 saturated heterocycles. The molecule has 0 radical (unpaired) electrons. The van der Waals surface area contributed by atoms with E-state index in [0.29, 0.717) is 38.9 Å². The molecule has 0 saturated carbocycles. The van der Waals surface area contributed by atoms with E-state index >= 15 is 0 Å². The smallest absolute Gasteiger partial charge is 0.250 e. The van der Waals surface area contributed by atoms with Gasteiger partial charge in [0.05, 0.1) is 23.0 Å². The number of aliphatic hydroxyl groups is 1. The number of carbonyl (C=O) groups is 3. The minimum absolute atomic E-state index is 0.128. The molecule has 5 heterocycles. The normalized spacial score (nSPS) is 31.0. The second-order valence-electron chi connectivity index (χ2n) is 11.6. The van der Waals surface area contributed by atoms with Gasteiger partial charge in [-0.2, -0.15) is 0 Å². The van der Waals surface area contributed by atoms with E-state index in [4.69, 9.17) is 4.74 Å². The summed E-state index contributed by atoms with van der Waals surface area (Å²) >= 11 is 0. The molecule has 4 aliphatic rings. The largest absolute Gasteiger partial charge is 0.396 e. The fraction of sp³-hybridized carbons (Fsp3) is 0.567. The van der Waals surface area contributed by atoms with E-state index in [-0.39, 0.29) is 31.0 Å². The van der Waals surface area contributed by atoms with Gasteiger partial charge >= 0.3 is 0 Å². The fourth-order valence-electron chi connectivity index (χ4n) is 7.23. The van der Waals surface area contributed by atoms with Crippen molar-refractivity contribution >= 4 is 28.8 Å². The van der Waals surface area contributed by atoms with E-state index in [1.165, 1.54) is 0 Å². The number of likely N-dealkylation sites (N-methyl/N-ethyl adjacent to an activating group) is 1. The zero-order valence-electron chi connectivity index (χ0n) is 23.7. The third-order valence-electron chi connectivity index (χ3n) is 9.26.